The maximum absolute atomic E-state index is 6.09. The maximum atomic E-state index is 6.09. The Bertz CT molecular complexity index is 442. The molecular weight excluding hydrogens is 262 g/mol. The zero-order chi connectivity index (χ0) is 15.4. The SMILES string of the molecule is CCc1nn(C)cc1C(CN)N(C)CC1CCCN1CC. The van der Waals surface area contributed by atoms with E-state index in [9.17, 15) is 0 Å². The predicted octanol–water partition coefficient (Wildman–Crippen LogP) is 1.40. The lowest BCUT2D eigenvalue weighted by Crippen LogP contribution is -2.41. The van der Waals surface area contributed by atoms with E-state index in [2.05, 4.69) is 42.0 Å². The number of aryl methyl sites for hydroxylation is 2. The van der Waals surface area contributed by atoms with Crippen LogP contribution in [0.15, 0.2) is 6.20 Å². The highest BCUT2D eigenvalue weighted by molar-refractivity contribution is 5.22. The molecule has 5 nitrogen and oxygen atoms in total. The van der Waals surface area contributed by atoms with E-state index in [-0.39, 0.29) is 6.04 Å². The first-order chi connectivity index (χ1) is 10.1. The van der Waals surface area contributed by atoms with Crippen LogP contribution in [0.2, 0.25) is 0 Å². The van der Waals surface area contributed by atoms with E-state index in [1.807, 2.05) is 11.7 Å². The molecule has 2 N–H and O–H groups in total. The lowest BCUT2D eigenvalue weighted by atomic mass is 10.0. The van der Waals surface area contributed by atoms with Crippen LogP contribution in [-0.2, 0) is 13.5 Å². The number of hydrogen-bond donors (Lipinski definition) is 1. The Balaban J connectivity index is 2.09. The van der Waals surface area contributed by atoms with Crippen molar-refractivity contribution in [3.63, 3.8) is 0 Å². The molecule has 1 fully saturated rings. The van der Waals surface area contributed by atoms with Crippen molar-refractivity contribution in [1.82, 2.24) is 19.6 Å². The van der Waals surface area contributed by atoms with Crippen LogP contribution in [0.5, 0.6) is 0 Å². The molecule has 0 saturated carbocycles. The smallest absolute Gasteiger partial charge is 0.0670 e. The van der Waals surface area contributed by atoms with Crippen molar-refractivity contribution in [3.8, 4) is 0 Å². The zero-order valence-corrected chi connectivity index (χ0v) is 14.0. The van der Waals surface area contributed by atoms with Crippen LogP contribution in [0.3, 0.4) is 0 Å². The third-order valence-electron chi connectivity index (χ3n) is 4.79. The molecule has 0 aromatic carbocycles. The summed E-state index contributed by atoms with van der Waals surface area (Å²) >= 11 is 0. The van der Waals surface area contributed by atoms with Gasteiger partial charge in [-0.2, -0.15) is 5.10 Å². The second-order valence-electron chi connectivity index (χ2n) is 6.17. The van der Waals surface area contributed by atoms with Crippen molar-refractivity contribution in [1.29, 1.82) is 0 Å². The Morgan fingerprint density at radius 2 is 2.24 bits per heavy atom. The summed E-state index contributed by atoms with van der Waals surface area (Å²) in [6.07, 6.45) is 5.74. The number of likely N-dealkylation sites (N-methyl/N-ethyl adjacent to an activating group) is 2. The number of likely N-dealkylation sites (tertiary alicyclic amines) is 1. The van der Waals surface area contributed by atoms with Gasteiger partial charge in [0.2, 0.25) is 0 Å². The molecule has 1 aliphatic heterocycles. The standard InChI is InChI=1S/C16H31N5/c1-5-15-14(12-20(4)18-15)16(10-17)19(3)11-13-8-7-9-21(13)6-2/h12-13,16H,5-11,17H2,1-4H3. The van der Waals surface area contributed by atoms with Crippen molar-refractivity contribution in [2.45, 2.75) is 45.2 Å². The number of rotatable bonds is 7. The van der Waals surface area contributed by atoms with Gasteiger partial charge in [0.15, 0.2) is 0 Å². The van der Waals surface area contributed by atoms with Gasteiger partial charge >= 0.3 is 0 Å². The van der Waals surface area contributed by atoms with Gasteiger partial charge in [-0.15, -0.1) is 0 Å². The summed E-state index contributed by atoms with van der Waals surface area (Å²) in [5.41, 5.74) is 8.56. The molecule has 0 spiro atoms. The molecule has 2 heterocycles. The second-order valence-corrected chi connectivity index (χ2v) is 6.17. The lowest BCUT2D eigenvalue weighted by Gasteiger charge is -2.32. The van der Waals surface area contributed by atoms with E-state index in [4.69, 9.17) is 5.73 Å². The molecule has 5 heteroatoms. The lowest BCUT2D eigenvalue weighted by molar-refractivity contribution is 0.165. The van der Waals surface area contributed by atoms with E-state index >= 15 is 0 Å². The number of hydrogen-bond acceptors (Lipinski definition) is 4. The molecule has 1 aromatic heterocycles. The summed E-state index contributed by atoms with van der Waals surface area (Å²) in [5.74, 6) is 0. The fourth-order valence-electron chi connectivity index (χ4n) is 3.63. The van der Waals surface area contributed by atoms with Gasteiger partial charge in [0.25, 0.3) is 0 Å². The first-order valence-electron chi connectivity index (χ1n) is 8.27. The largest absolute Gasteiger partial charge is 0.329 e. The Morgan fingerprint density at radius 1 is 1.48 bits per heavy atom. The minimum atomic E-state index is 0.271. The van der Waals surface area contributed by atoms with E-state index in [0.717, 1.165) is 19.5 Å². The van der Waals surface area contributed by atoms with Crippen molar-refractivity contribution >= 4 is 0 Å². The van der Waals surface area contributed by atoms with Gasteiger partial charge in [0.05, 0.1) is 11.7 Å². The highest BCUT2D eigenvalue weighted by Crippen LogP contribution is 2.25. The molecule has 1 aliphatic rings. The van der Waals surface area contributed by atoms with Crippen LogP contribution in [0.4, 0.5) is 0 Å². The van der Waals surface area contributed by atoms with Crippen LogP contribution in [0.25, 0.3) is 0 Å². The molecule has 1 saturated heterocycles. The summed E-state index contributed by atoms with van der Waals surface area (Å²) in [6, 6.07) is 0.948. The molecule has 1 aromatic rings. The predicted molar refractivity (Wildman–Crippen MR) is 87.3 cm³/mol. The van der Waals surface area contributed by atoms with E-state index in [1.54, 1.807) is 0 Å². The van der Waals surface area contributed by atoms with Gasteiger partial charge in [0, 0.05) is 37.9 Å². The van der Waals surface area contributed by atoms with E-state index < -0.39 is 0 Å². The Kier molecular flexibility index (Phi) is 5.79. The minimum Gasteiger partial charge on any atom is -0.329 e. The summed E-state index contributed by atoms with van der Waals surface area (Å²) in [6.45, 7) is 8.56. The molecule has 2 rings (SSSR count). The molecule has 2 atom stereocenters. The van der Waals surface area contributed by atoms with Crippen LogP contribution < -0.4 is 5.73 Å². The second kappa shape index (κ2) is 7.38. The molecule has 0 radical (unpaired) electrons. The third-order valence-corrected chi connectivity index (χ3v) is 4.79. The van der Waals surface area contributed by atoms with Crippen molar-refractivity contribution in [2.75, 3.05) is 33.2 Å². The topological polar surface area (TPSA) is 50.3 Å². The van der Waals surface area contributed by atoms with Gasteiger partial charge in [-0.05, 0) is 39.4 Å². The van der Waals surface area contributed by atoms with Gasteiger partial charge in [-0.1, -0.05) is 13.8 Å². The highest BCUT2D eigenvalue weighted by atomic mass is 15.3. The monoisotopic (exact) mass is 293 g/mol. The fourth-order valence-corrected chi connectivity index (χ4v) is 3.63. The van der Waals surface area contributed by atoms with Gasteiger partial charge < -0.3 is 5.73 Å². The van der Waals surface area contributed by atoms with Crippen LogP contribution >= 0.6 is 0 Å². The van der Waals surface area contributed by atoms with Gasteiger partial charge in [-0.25, -0.2) is 0 Å². The molecule has 2 unspecified atom stereocenters. The summed E-state index contributed by atoms with van der Waals surface area (Å²) in [7, 11) is 4.20. The van der Waals surface area contributed by atoms with Crippen LogP contribution in [0.1, 0.15) is 44.0 Å². The Morgan fingerprint density at radius 3 is 2.86 bits per heavy atom. The fraction of sp³-hybridized carbons (Fsp3) is 0.812. The van der Waals surface area contributed by atoms with E-state index in [1.165, 1.54) is 30.6 Å². The average Bonchev–Trinajstić information content (AvgIpc) is 3.06. The summed E-state index contributed by atoms with van der Waals surface area (Å²) < 4.78 is 1.92. The first kappa shape index (κ1) is 16.5. The minimum absolute atomic E-state index is 0.271. The van der Waals surface area contributed by atoms with Crippen molar-refractivity contribution in [3.05, 3.63) is 17.5 Å². The average molecular weight is 293 g/mol. The number of nitrogens with zero attached hydrogens (tertiary/aromatic N) is 4. The third kappa shape index (κ3) is 3.65. The molecular formula is C16H31N5. The summed E-state index contributed by atoms with van der Waals surface area (Å²) in [5, 5.41) is 4.57. The normalized spacial score (nSPS) is 21.3. The van der Waals surface area contributed by atoms with E-state index in [0.29, 0.717) is 12.6 Å². The van der Waals surface area contributed by atoms with Crippen molar-refractivity contribution < 1.29 is 0 Å². The van der Waals surface area contributed by atoms with Gasteiger partial charge in [0.1, 0.15) is 0 Å². The number of nitrogens with two attached hydrogens (primary N) is 1. The molecule has 120 valence electrons. The first-order valence-corrected chi connectivity index (χ1v) is 8.27. The van der Waals surface area contributed by atoms with Crippen molar-refractivity contribution in [2.24, 2.45) is 12.8 Å². The molecule has 0 bridgehead atoms. The quantitative estimate of drug-likeness (QED) is 0.825. The molecule has 0 amide bonds. The van der Waals surface area contributed by atoms with Crippen LogP contribution in [-0.4, -0.2) is 58.8 Å². The zero-order valence-electron chi connectivity index (χ0n) is 14.0. The molecule has 0 aliphatic carbocycles. The summed E-state index contributed by atoms with van der Waals surface area (Å²) in [4.78, 5) is 5.02. The van der Waals surface area contributed by atoms with Crippen LogP contribution in [0, 0.1) is 0 Å². The Hall–Kier alpha value is -0.910. The number of aromatic nitrogens is 2. The Labute approximate surface area is 129 Å². The van der Waals surface area contributed by atoms with Gasteiger partial charge in [-0.3, -0.25) is 14.5 Å². The maximum Gasteiger partial charge on any atom is 0.0670 e. The highest BCUT2D eigenvalue weighted by Gasteiger charge is 2.28. The molecule has 21 heavy (non-hydrogen) atoms.